The van der Waals surface area contributed by atoms with E-state index in [0.29, 0.717) is 13.1 Å². The average molecular weight is 327 g/mol. The molecule has 1 aromatic heterocycles. The zero-order valence-electron chi connectivity index (χ0n) is 14.0. The summed E-state index contributed by atoms with van der Waals surface area (Å²) in [5.74, 6) is 0.0870. The van der Waals surface area contributed by atoms with Gasteiger partial charge < -0.3 is 5.32 Å². The van der Waals surface area contributed by atoms with Gasteiger partial charge in [-0.25, -0.2) is 9.67 Å². The van der Waals surface area contributed by atoms with Gasteiger partial charge in [0.15, 0.2) is 0 Å². The molecule has 1 N–H and O–H groups in total. The van der Waals surface area contributed by atoms with Crippen LogP contribution in [0.25, 0.3) is 5.69 Å². The minimum absolute atomic E-state index is 0.0870. The number of likely N-dealkylation sites (tertiary alicyclic amines) is 1. The topological polar surface area (TPSA) is 63.1 Å². The normalized spacial score (nSPS) is 16.3. The summed E-state index contributed by atoms with van der Waals surface area (Å²) in [6.07, 6.45) is 9.47. The van der Waals surface area contributed by atoms with Crippen LogP contribution < -0.4 is 5.32 Å². The largest absolute Gasteiger partial charge is 0.351 e. The smallest absolute Gasteiger partial charge is 0.234 e. The molecule has 3 rings (SSSR count). The minimum atomic E-state index is 0.0870. The molecule has 0 radical (unpaired) electrons. The van der Waals surface area contributed by atoms with Crippen LogP contribution >= 0.6 is 0 Å². The summed E-state index contributed by atoms with van der Waals surface area (Å²) in [7, 11) is 0. The predicted molar refractivity (Wildman–Crippen MR) is 92.7 cm³/mol. The van der Waals surface area contributed by atoms with Crippen LogP contribution in [0.1, 0.15) is 37.7 Å². The van der Waals surface area contributed by atoms with Gasteiger partial charge in [-0.2, -0.15) is 5.10 Å². The zero-order valence-corrected chi connectivity index (χ0v) is 14.0. The van der Waals surface area contributed by atoms with Crippen LogP contribution in [0.3, 0.4) is 0 Å². The van der Waals surface area contributed by atoms with Gasteiger partial charge in [-0.3, -0.25) is 9.69 Å². The number of nitrogens with zero attached hydrogens (tertiary/aromatic N) is 4. The Kier molecular flexibility index (Phi) is 5.96. The third kappa shape index (κ3) is 4.64. The summed E-state index contributed by atoms with van der Waals surface area (Å²) < 4.78 is 1.72. The molecule has 1 aliphatic heterocycles. The SMILES string of the molecule is O=C(CN1CCCCCCC1)NCc1ccccc1-n1cncn1. The molecule has 6 heteroatoms. The predicted octanol–water partition coefficient (Wildman–Crippen LogP) is 2.15. The number of hydrogen-bond acceptors (Lipinski definition) is 4. The average Bonchev–Trinajstić information content (AvgIpc) is 3.10. The summed E-state index contributed by atoms with van der Waals surface area (Å²) in [4.78, 5) is 18.6. The standard InChI is InChI=1S/C18H25N5O/c24-18(13-22-10-6-2-1-3-7-11-22)20-12-16-8-4-5-9-17(16)23-15-19-14-21-23/h4-5,8-9,14-15H,1-3,6-7,10-13H2,(H,20,24). The first-order valence-electron chi connectivity index (χ1n) is 8.75. The van der Waals surface area contributed by atoms with E-state index < -0.39 is 0 Å². The Balaban J connectivity index is 1.55. The van der Waals surface area contributed by atoms with E-state index in [1.165, 1.54) is 38.4 Å². The molecule has 1 saturated heterocycles. The molecule has 1 aliphatic rings. The van der Waals surface area contributed by atoms with Gasteiger partial charge in [-0.1, -0.05) is 37.5 Å². The Bertz CT molecular complexity index is 633. The lowest BCUT2D eigenvalue weighted by Crippen LogP contribution is -2.38. The highest BCUT2D eigenvalue weighted by molar-refractivity contribution is 5.78. The summed E-state index contributed by atoms with van der Waals surface area (Å²) >= 11 is 0. The van der Waals surface area contributed by atoms with Crippen molar-refractivity contribution < 1.29 is 4.79 Å². The van der Waals surface area contributed by atoms with Crippen LogP contribution in [0.15, 0.2) is 36.9 Å². The van der Waals surface area contributed by atoms with Crippen molar-refractivity contribution >= 4 is 5.91 Å². The summed E-state index contributed by atoms with van der Waals surface area (Å²) in [5, 5.41) is 7.21. The lowest BCUT2D eigenvalue weighted by molar-refractivity contribution is -0.122. The number of amides is 1. The number of nitrogens with one attached hydrogen (secondary N) is 1. The fourth-order valence-corrected chi connectivity index (χ4v) is 3.14. The highest BCUT2D eigenvalue weighted by atomic mass is 16.2. The van der Waals surface area contributed by atoms with Gasteiger partial charge in [0.05, 0.1) is 12.2 Å². The molecule has 0 bridgehead atoms. The second-order valence-corrected chi connectivity index (χ2v) is 6.29. The van der Waals surface area contributed by atoms with E-state index in [1.807, 2.05) is 24.3 Å². The zero-order chi connectivity index (χ0) is 16.6. The van der Waals surface area contributed by atoms with Gasteiger partial charge in [0.1, 0.15) is 12.7 Å². The van der Waals surface area contributed by atoms with Gasteiger partial charge in [0.2, 0.25) is 5.91 Å². The number of aromatic nitrogens is 3. The van der Waals surface area contributed by atoms with Gasteiger partial charge in [-0.05, 0) is 37.6 Å². The van der Waals surface area contributed by atoms with Crippen molar-refractivity contribution in [1.29, 1.82) is 0 Å². The van der Waals surface area contributed by atoms with Gasteiger partial charge in [0, 0.05) is 6.54 Å². The number of para-hydroxylation sites is 1. The third-order valence-corrected chi connectivity index (χ3v) is 4.45. The molecule has 0 spiro atoms. The Morgan fingerprint density at radius 2 is 1.83 bits per heavy atom. The molecular weight excluding hydrogens is 302 g/mol. The first kappa shape index (κ1) is 16.6. The molecule has 1 fully saturated rings. The lowest BCUT2D eigenvalue weighted by atomic mass is 10.1. The fourth-order valence-electron chi connectivity index (χ4n) is 3.14. The van der Waals surface area contributed by atoms with Crippen LogP contribution in [0, 0.1) is 0 Å². The van der Waals surface area contributed by atoms with E-state index in [-0.39, 0.29) is 5.91 Å². The number of rotatable bonds is 5. The molecule has 0 aliphatic carbocycles. The summed E-state index contributed by atoms with van der Waals surface area (Å²) in [6, 6.07) is 7.92. The molecule has 128 valence electrons. The van der Waals surface area contributed by atoms with Crippen molar-refractivity contribution in [3.8, 4) is 5.69 Å². The number of carbonyl (C=O) groups excluding carboxylic acids is 1. The Morgan fingerprint density at radius 3 is 2.58 bits per heavy atom. The first-order chi connectivity index (χ1) is 11.8. The number of hydrogen-bond donors (Lipinski definition) is 1. The van der Waals surface area contributed by atoms with E-state index in [0.717, 1.165) is 24.3 Å². The van der Waals surface area contributed by atoms with E-state index in [9.17, 15) is 4.79 Å². The van der Waals surface area contributed by atoms with E-state index >= 15 is 0 Å². The Labute approximate surface area is 142 Å². The quantitative estimate of drug-likeness (QED) is 0.914. The molecule has 24 heavy (non-hydrogen) atoms. The third-order valence-electron chi connectivity index (χ3n) is 4.45. The maximum absolute atomic E-state index is 12.3. The monoisotopic (exact) mass is 327 g/mol. The second-order valence-electron chi connectivity index (χ2n) is 6.29. The van der Waals surface area contributed by atoms with Crippen LogP contribution in [0.5, 0.6) is 0 Å². The molecule has 0 unspecified atom stereocenters. The Hall–Kier alpha value is -2.21. The van der Waals surface area contributed by atoms with Gasteiger partial charge >= 0.3 is 0 Å². The highest BCUT2D eigenvalue weighted by Gasteiger charge is 2.13. The maximum atomic E-state index is 12.3. The summed E-state index contributed by atoms with van der Waals surface area (Å²) in [5.41, 5.74) is 1.98. The molecule has 2 heterocycles. The van der Waals surface area contributed by atoms with Crippen molar-refractivity contribution in [2.75, 3.05) is 19.6 Å². The molecule has 0 atom stereocenters. The second kappa shape index (κ2) is 8.59. The van der Waals surface area contributed by atoms with E-state index in [2.05, 4.69) is 20.3 Å². The summed E-state index contributed by atoms with van der Waals surface area (Å²) in [6.45, 7) is 3.06. The van der Waals surface area contributed by atoms with Crippen LogP contribution in [0.2, 0.25) is 0 Å². The molecule has 0 saturated carbocycles. The molecular formula is C18H25N5O. The van der Waals surface area contributed by atoms with Crippen molar-refractivity contribution in [3.05, 3.63) is 42.5 Å². The number of benzene rings is 1. The molecule has 1 amide bonds. The minimum Gasteiger partial charge on any atom is -0.351 e. The molecule has 6 nitrogen and oxygen atoms in total. The van der Waals surface area contributed by atoms with E-state index in [1.54, 1.807) is 11.0 Å². The Morgan fingerprint density at radius 1 is 1.08 bits per heavy atom. The molecule has 1 aromatic carbocycles. The van der Waals surface area contributed by atoms with Crippen LogP contribution in [-0.2, 0) is 11.3 Å². The maximum Gasteiger partial charge on any atom is 0.234 e. The van der Waals surface area contributed by atoms with Crippen LogP contribution in [-0.4, -0.2) is 45.2 Å². The van der Waals surface area contributed by atoms with Gasteiger partial charge in [-0.15, -0.1) is 0 Å². The van der Waals surface area contributed by atoms with Crippen molar-refractivity contribution in [2.45, 2.75) is 38.6 Å². The lowest BCUT2D eigenvalue weighted by Gasteiger charge is -2.23. The van der Waals surface area contributed by atoms with Crippen molar-refractivity contribution in [1.82, 2.24) is 25.0 Å². The molecule has 2 aromatic rings. The van der Waals surface area contributed by atoms with Crippen LogP contribution in [0.4, 0.5) is 0 Å². The van der Waals surface area contributed by atoms with E-state index in [4.69, 9.17) is 0 Å². The van der Waals surface area contributed by atoms with Gasteiger partial charge in [0.25, 0.3) is 0 Å². The number of carbonyl (C=O) groups is 1. The fraction of sp³-hybridized carbons (Fsp3) is 0.500. The van der Waals surface area contributed by atoms with Crippen molar-refractivity contribution in [3.63, 3.8) is 0 Å². The first-order valence-corrected chi connectivity index (χ1v) is 8.75. The highest BCUT2D eigenvalue weighted by Crippen LogP contribution is 2.13. The van der Waals surface area contributed by atoms with Crippen molar-refractivity contribution in [2.24, 2.45) is 0 Å².